The lowest BCUT2D eigenvalue weighted by molar-refractivity contribution is -0.148. The molecule has 2 aliphatic rings. The third-order valence-electron chi connectivity index (χ3n) is 5.22. The molecular formula is C20H22ClF3N2. The minimum Gasteiger partial charge on any atom is -0.314 e. The topological polar surface area (TPSA) is 15.3 Å². The number of fused-ring (bicyclic) bond motifs is 3. The van der Waals surface area contributed by atoms with Gasteiger partial charge in [-0.3, -0.25) is 4.90 Å². The van der Waals surface area contributed by atoms with Crippen LogP contribution in [-0.4, -0.2) is 37.3 Å². The molecule has 1 saturated heterocycles. The van der Waals surface area contributed by atoms with Crippen molar-refractivity contribution in [3.05, 3.63) is 59.2 Å². The van der Waals surface area contributed by atoms with Gasteiger partial charge in [0.05, 0.1) is 6.42 Å². The largest absolute Gasteiger partial charge is 0.390 e. The van der Waals surface area contributed by atoms with Gasteiger partial charge in [-0.25, -0.2) is 0 Å². The van der Waals surface area contributed by atoms with Gasteiger partial charge in [0.1, 0.15) is 0 Å². The summed E-state index contributed by atoms with van der Waals surface area (Å²) in [5.74, 6) is 0. The molecule has 1 aliphatic heterocycles. The molecule has 26 heavy (non-hydrogen) atoms. The number of alkyl halides is 3. The summed E-state index contributed by atoms with van der Waals surface area (Å²) in [4.78, 5) is 1.97. The molecule has 0 unspecified atom stereocenters. The molecule has 0 radical (unpaired) electrons. The van der Waals surface area contributed by atoms with E-state index in [4.69, 9.17) is 0 Å². The zero-order valence-electron chi connectivity index (χ0n) is 14.4. The predicted octanol–water partition coefficient (Wildman–Crippen LogP) is 4.58. The van der Waals surface area contributed by atoms with Gasteiger partial charge in [-0.15, -0.1) is 12.4 Å². The normalized spacial score (nSPS) is 18.0. The highest BCUT2D eigenvalue weighted by Crippen LogP contribution is 2.40. The Morgan fingerprint density at radius 1 is 0.962 bits per heavy atom. The molecule has 4 rings (SSSR count). The van der Waals surface area contributed by atoms with E-state index in [1.807, 2.05) is 35.2 Å². The number of nitrogens with one attached hydrogen (secondary N) is 1. The second-order valence-electron chi connectivity index (χ2n) is 6.87. The smallest absolute Gasteiger partial charge is 0.314 e. The van der Waals surface area contributed by atoms with E-state index in [1.165, 1.54) is 11.1 Å². The number of rotatable bonds is 3. The number of piperazine rings is 1. The van der Waals surface area contributed by atoms with Crippen molar-refractivity contribution >= 4 is 12.4 Å². The Kier molecular flexibility index (Phi) is 5.61. The fourth-order valence-corrected chi connectivity index (χ4v) is 4.04. The molecule has 0 bridgehead atoms. The molecule has 1 N–H and O–H groups in total. The number of hydrogen-bond donors (Lipinski definition) is 1. The van der Waals surface area contributed by atoms with Crippen LogP contribution in [0, 0.1) is 0 Å². The first-order chi connectivity index (χ1) is 12.0. The van der Waals surface area contributed by atoms with E-state index in [1.54, 1.807) is 0 Å². The molecule has 2 aromatic carbocycles. The molecule has 140 valence electrons. The first-order valence-corrected chi connectivity index (χ1v) is 8.74. The Labute approximate surface area is 157 Å². The highest BCUT2D eigenvalue weighted by atomic mass is 35.5. The number of halogens is 4. The van der Waals surface area contributed by atoms with Crippen molar-refractivity contribution in [1.29, 1.82) is 0 Å². The van der Waals surface area contributed by atoms with E-state index < -0.39 is 18.6 Å². The summed E-state index contributed by atoms with van der Waals surface area (Å²) in [6.07, 6.45) is -4.16. The molecule has 0 amide bonds. The van der Waals surface area contributed by atoms with Gasteiger partial charge >= 0.3 is 6.18 Å². The zero-order chi connectivity index (χ0) is 17.4. The Hall–Kier alpha value is -1.56. The maximum atomic E-state index is 13.2. The first-order valence-electron chi connectivity index (χ1n) is 8.74. The summed E-state index contributed by atoms with van der Waals surface area (Å²) in [5, 5.41) is 3.21. The maximum absolute atomic E-state index is 13.2. The molecule has 2 aromatic rings. The van der Waals surface area contributed by atoms with Crippen molar-refractivity contribution in [2.45, 2.75) is 25.1 Å². The Bertz CT molecular complexity index is 770. The zero-order valence-corrected chi connectivity index (χ0v) is 15.2. The second-order valence-corrected chi connectivity index (χ2v) is 6.87. The maximum Gasteiger partial charge on any atom is 0.390 e. The van der Waals surface area contributed by atoms with Crippen LogP contribution in [0.5, 0.6) is 0 Å². The molecule has 0 spiro atoms. The van der Waals surface area contributed by atoms with Gasteiger partial charge in [-0.05, 0) is 34.2 Å². The van der Waals surface area contributed by atoms with Crippen LogP contribution in [0.15, 0.2) is 42.5 Å². The lowest BCUT2D eigenvalue weighted by atomic mass is 9.96. The van der Waals surface area contributed by atoms with E-state index in [2.05, 4.69) is 17.4 Å². The Morgan fingerprint density at radius 3 is 2.38 bits per heavy atom. The fraction of sp³-hybridized carbons (Fsp3) is 0.400. The molecule has 0 saturated carbocycles. The Morgan fingerprint density at radius 2 is 1.65 bits per heavy atom. The van der Waals surface area contributed by atoms with Crippen LogP contribution in [0.3, 0.4) is 0 Å². The van der Waals surface area contributed by atoms with Crippen molar-refractivity contribution < 1.29 is 13.2 Å². The minimum absolute atomic E-state index is 0. The number of benzene rings is 2. The molecule has 6 heteroatoms. The third kappa shape index (κ3) is 3.90. The van der Waals surface area contributed by atoms with Crippen molar-refractivity contribution in [3.63, 3.8) is 0 Å². The average Bonchev–Trinajstić information content (AvgIpc) is 2.97. The monoisotopic (exact) mass is 382 g/mol. The van der Waals surface area contributed by atoms with Crippen LogP contribution in [0.2, 0.25) is 0 Å². The highest BCUT2D eigenvalue weighted by molar-refractivity contribution is 5.85. The summed E-state index contributed by atoms with van der Waals surface area (Å²) in [5.41, 5.74) is 5.54. The van der Waals surface area contributed by atoms with Gasteiger partial charge in [-0.2, -0.15) is 13.2 Å². The van der Waals surface area contributed by atoms with E-state index in [-0.39, 0.29) is 12.4 Å². The molecular weight excluding hydrogens is 361 g/mol. The predicted molar refractivity (Wildman–Crippen MR) is 99.8 cm³/mol. The summed E-state index contributed by atoms with van der Waals surface area (Å²) < 4.78 is 39.6. The fourth-order valence-electron chi connectivity index (χ4n) is 4.04. The highest BCUT2D eigenvalue weighted by Gasteiger charge is 2.36. The Balaban J connectivity index is 0.00000196. The SMILES string of the molecule is Cl.FC(F)(F)C[C@H](c1ccc2c(c1)Cc1ccccc1-2)N1CCNCC1. The summed E-state index contributed by atoms with van der Waals surface area (Å²) in [6, 6.07) is 13.5. The molecule has 1 atom stereocenters. The second kappa shape index (κ2) is 7.59. The van der Waals surface area contributed by atoms with Crippen LogP contribution in [0.1, 0.15) is 29.2 Å². The molecule has 1 aliphatic carbocycles. The molecule has 2 nitrogen and oxygen atoms in total. The van der Waals surface area contributed by atoms with Crippen LogP contribution < -0.4 is 5.32 Å². The van der Waals surface area contributed by atoms with Crippen molar-refractivity contribution in [2.24, 2.45) is 0 Å². The molecule has 1 fully saturated rings. The summed E-state index contributed by atoms with van der Waals surface area (Å²) in [7, 11) is 0. The third-order valence-corrected chi connectivity index (χ3v) is 5.22. The molecule has 1 heterocycles. The summed E-state index contributed by atoms with van der Waals surface area (Å²) in [6.45, 7) is 2.78. The van der Waals surface area contributed by atoms with Gasteiger partial charge in [0.15, 0.2) is 0 Å². The van der Waals surface area contributed by atoms with Gasteiger partial charge in [0.25, 0.3) is 0 Å². The quantitative estimate of drug-likeness (QED) is 0.713. The van der Waals surface area contributed by atoms with Crippen LogP contribution in [-0.2, 0) is 6.42 Å². The van der Waals surface area contributed by atoms with E-state index >= 15 is 0 Å². The van der Waals surface area contributed by atoms with Gasteiger partial charge < -0.3 is 5.32 Å². The van der Waals surface area contributed by atoms with E-state index in [0.717, 1.165) is 36.2 Å². The van der Waals surface area contributed by atoms with Crippen molar-refractivity contribution in [3.8, 4) is 11.1 Å². The number of hydrogen-bond acceptors (Lipinski definition) is 2. The molecule has 0 aromatic heterocycles. The van der Waals surface area contributed by atoms with Gasteiger partial charge in [-0.1, -0.05) is 42.5 Å². The van der Waals surface area contributed by atoms with Gasteiger partial charge in [0.2, 0.25) is 0 Å². The van der Waals surface area contributed by atoms with E-state index in [9.17, 15) is 13.2 Å². The summed E-state index contributed by atoms with van der Waals surface area (Å²) >= 11 is 0. The lowest BCUT2D eigenvalue weighted by Gasteiger charge is -2.36. The first kappa shape index (κ1) is 19.2. The van der Waals surface area contributed by atoms with Crippen LogP contribution >= 0.6 is 12.4 Å². The van der Waals surface area contributed by atoms with Crippen LogP contribution in [0.25, 0.3) is 11.1 Å². The van der Waals surface area contributed by atoms with E-state index in [0.29, 0.717) is 13.1 Å². The van der Waals surface area contributed by atoms with Crippen molar-refractivity contribution in [1.82, 2.24) is 10.2 Å². The van der Waals surface area contributed by atoms with Crippen molar-refractivity contribution in [2.75, 3.05) is 26.2 Å². The minimum atomic E-state index is -4.17. The average molecular weight is 383 g/mol. The standard InChI is InChI=1S/C20H21F3N2.ClH/c21-20(22,23)13-19(25-9-7-24-8-10-25)15-5-6-18-16(12-15)11-14-3-1-2-4-17(14)18;/h1-6,12,19,24H,7-11,13H2;1H/t19-;/m1./s1. The van der Waals surface area contributed by atoms with Crippen LogP contribution in [0.4, 0.5) is 13.2 Å². The number of nitrogens with zero attached hydrogens (tertiary/aromatic N) is 1. The van der Waals surface area contributed by atoms with Gasteiger partial charge in [0, 0.05) is 32.2 Å². The lowest BCUT2D eigenvalue weighted by Crippen LogP contribution is -2.46.